The molecule has 2 aliphatic heterocycles. The van der Waals surface area contributed by atoms with E-state index in [9.17, 15) is 18.0 Å². The minimum atomic E-state index is -3.94. The lowest BCUT2D eigenvalue weighted by atomic mass is 10.2. The van der Waals surface area contributed by atoms with E-state index in [-0.39, 0.29) is 53.8 Å². The maximum absolute atomic E-state index is 13.2. The maximum atomic E-state index is 13.2. The predicted molar refractivity (Wildman–Crippen MR) is 123 cm³/mol. The van der Waals surface area contributed by atoms with E-state index in [0.29, 0.717) is 17.1 Å². The summed E-state index contributed by atoms with van der Waals surface area (Å²) < 4.78 is 38.4. The largest absolute Gasteiger partial charge is 0.497 e. The summed E-state index contributed by atoms with van der Waals surface area (Å²) in [4.78, 5) is 25.8. The molecule has 0 radical (unpaired) electrons. The van der Waals surface area contributed by atoms with Gasteiger partial charge in [-0.2, -0.15) is 4.31 Å². The fraction of sp³-hybridized carbons (Fsp3) is 0.333. The highest BCUT2D eigenvalue weighted by Gasteiger charge is 2.34. The predicted octanol–water partition coefficient (Wildman–Crippen LogP) is 2.61. The third-order valence-corrected chi connectivity index (χ3v) is 7.81. The average Bonchev–Trinajstić information content (AvgIpc) is 2.80. The number of rotatable bonds is 4. The Morgan fingerprint density at radius 3 is 2.48 bits per heavy atom. The van der Waals surface area contributed by atoms with Crippen LogP contribution in [0.2, 0.25) is 5.02 Å². The molecule has 0 spiro atoms. The van der Waals surface area contributed by atoms with Crippen LogP contribution in [0.4, 0.5) is 16.2 Å². The van der Waals surface area contributed by atoms with Gasteiger partial charge in [-0.05, 0) is 37.3 Å². The van der Waals surface area contributed by atoms with E-state index < -0.39 is 16.1 Å². The van der Waals surface area contributed by atoms with Crippen molar-refractivity contribution in [2.24, 2.45) is 0 Å². The maximum Gasteiger partial charge on any atom is 0.321 e. The van der Waals surface area contributed by atoms with Gasteiger partial charge in [-0.25, -0.2) is 13.2 Å². The van der Waals surface area contributed by atoms with Gasteiger partial charge in [0.25, 0.3) is 5.91 Å². The summed E-state index contributed by atoms with van der Waals surface area (Å²) in [6.07, 6.45) is -0.748. The molecule has 33 heavy (non-hydrogen) atoms. The number of nitrogens with zero attached hydrogens (tertiary/aromatic N) is 2. The number of methoxy groups -OCH3 is 1. The number of ether oxygens (including phenoxy) is 2. The molecule has 4 rings (SSSR count). The highest BCUT2D eigenvalue weighted by atomic mass is 35.5. The van der Waals surface area contributed by atoms with Crippen molar-refractivity contribution in [2.75, 3.05) is 43.9 Å². The molecule has 1 saturated heterocycles. The Morgan fingerprint density at radius 1 is 1.18 bits per heavy atom. The van der Waals surface area contributed by atoms with Crippen LogP contribution in [0.25, 0.3) is 0 Å². The molecule has 1 atom stereocenters. The average molecular weight is 495 g/mol. The Balaban J connectivity index is 1.43. The first-order chi connectivity index (χ1) is 15.7. The van der Waals surface area contributed by atoms with Crippen molar-refractivity contribution in [3.8, 4) is 11.5 Å². The van der Waals surface area contributed by atoms with Crippen molar-refractivity contribution >= 4 is 44.9 Å². The molecule has 0 bridgehead atoms. The summed E-state index contributed by atoms with van der Waals surface area (Å²) in [6, 6.07) is 9.29. The second-order valence-electron chi connectivity index (χ2n) is 7.58. The number of carbonyl (C=O) groups excluding carboxylic acids is 2. The molecule has 176 valence electrons. The number of carbonyl (C=O) groups is 2. The van der Waals surface area contributed by atoms with Gasteiger partial charge in [-0.15, -0.1) is 0 Å². The summed E-state index contributed by atoms with van der Waals surface area (Å²) >= 11 is 6.24. The van der Waals surface area contributed by atoms with E-state index in [1.165, 1.54) is 16.4 Å². The highest BCUT2D eigenvalue weighted by molar-refractivity contribution is 7.89. The number of sulfonamides is 1. The Hall–Kier alpha value is -3.02. The van der Waals surface area contributed by atoms with Gasteiger partial charge in [-0.1, -0.05) is 11.6 Å². The lowest BCUT2D eigenvalue weighted by molar-refractivity contribution is -0.122. The minimum Gasteiger partial charge on any atom is -0.497 e. The molecular weight excluding hydrogens is 472 g/mol. The molecule has 2 N–H and O–H groups in total. The third kappa shape index (κ3) is 4.70. The monoisotopic (exact) mass is 494 g/mol. The number of piperazine rings is 1. The van der Waals surface area contributed by atoms with E-state index in [1.54, 1.807) is 43.2 Å². The van der Waals surface area contributed by atoms with Crippen molar-refractivity contribution in [1.29, 1.82) is 0 Å². The Bertz CT molecular complexity index is 1180. The minimum absolute atomic E-state index is 0.0214. The molecule has 3 amide bonds. The standard InChI is InChI=1S/C21H23ClN4O6S/c1-13-20(27)24-17-11-16(22)19(12-18(17)32-13)33(29,30)26-9-7-25(8-10-26)21(28)23-14-3-5-15(31-2)6-4-14/h3-6,11-13H,7-10H2,1-2H3,(H,23,28)(H,24,27)/t13-/m1/s1. The zero-order valence-electron chi connectivity index (χ0n) is 18.0. The zero-order chi connectivity index (χ0) is 23.8. The van der Waals surface area contributed by atoms with Crippen LogP contribution < -0.4 is 20.1 Å². The quantitative estimate of drug-likeness (QED) is 0.674. The molecule has 2 aromatic carbocycles. The number of hydrogen-bond donors (Lipinski definition) is 2. The molecule has 0 saturated carbocycles. The molecule has 2 heterocycles. The van der Waals surface area contributed by atoms with Gasteiger partial charge in [0.05, 0.1) is 17.8 Å². The van der Waals surface area contributed by atoms with Crippen molar-refractivity contribution < 1.29 is 27.5 Å². The van der Waals surface area contributed by atoms with Gasteiger partial charge in [0, 0.05) is 37.9 Å². The number of urea groups is 1. The summed E-state index contributed by atoms with van der Waals surface area (Å²) in [7, 11) is -2.38. The van der Waals surface area contributed by atoms with Crippen LogP contribution in [-0.2, 0) is 14.8 Å². The normalized spacial score (nSPS) is 18.7. The Morgan fingerprint density at radius 2 is 1.85 bits per heavy atom. The Labute approximate surface area is 196 Å². The summed E-state index contributed by atoms with van der Waals surface area (Å²) in [5.74, 6) is 0.579. The molecule has 0 aliphatic carbocycles. The summed E-state index contributed by atoms with van der Waals surface area (Å²) in [6.45, 7) is 2.22. The molecule has 2 aromatic rings. The molecule has 0 unspecified atom stereocenters. The summed E-state index contributed by atoms with van der Waals surface area (Å²) in [5.41, 5.74) is 0.931. The number of halogens is 1. The first-order valence-corrected chi connectivity index (χ1v) is 12.0. The van der Waals surface area contributed by atoms with Crippen LogP contribution in [-0.4, -0.2) is 69.0 Å². The highest BCUT2D eigenvalue weighted by Crippen LogP contribution is 2.38. The molecule has 0 aromatic heterocycles. The van der Waals surface area contributed by atoms with E-state index in [1.807, 2.05) is 0 Å². The number of benzene rings is 2. The summed E-state index contributed by atoms with van der Waals surface area (Å²) in [5, 5.41) is 5.41. The molecule has 10 nitrogen and oxygen atoms in total. The van der Waals surface area contributed by atoms with Crippen LogP contribution in [0.5, 0.6) is 11.5 Å². The smallest absolute Gasteiger partial charge is 0.321 e. The van der Waals surface area contributed by atoms with Crippen LogP contribution in [0.1, 0.15) is 6.92 Å². The van der Waals surface area contributed by atoms with Gasteiger partial charge in [-0.3, -0.25) is 4.79 Å². The molecule has 1 fully saturated rings. The third-order valence-electron chi connectivity index (χ3n) is 5.45. The number of amides is 3. The van der Waals surface area contributed by atoms with Gasteiger partial charge in [0.2, 0.25) is 10.0 Å². The van der Waals surface area contributed by atoms with E-state index >= 15 is 0 Å². The van der Waals surface area contributed by atoms with Gasteiger partial charge < -0.3 is 25.0 Å². The lowest BCUT2D eigenvalue weighted by Gasteiger charge is -2.34. The van der Waals surface area contributed by atoms with E-state index in [0.717, 1.165) is 0 Å². The van der Waals surface area contributed by atoms with Crippen LogP contribution in [0, 0.1) is 0 Å². The topological polar surface area (TPSA) is 117 Å². The lowest BCUT2D eigenvalue weighted by Crippen LogP contribution is -2.51. The van der Waals surface area contributed by atoms with E-state index in [2.05, 4.69) is 10.6 Å². The fourth-order valence-corrected chi connectivity index (χ4v) is 5.49. The van der Waals surface area contributed by atoms with Crippen molar-refractivity contribution in [1.82, 2.24) is 9.21 Å². The SMILES string of the molecule is COc1ccc(NC(=O)N2CCN(S(=O)(=O)c3cc4c(cc3Cl)NC(=O)[C@@H](C)O4)CC2)cc1. The number of nitrogens with one attached hydrogen (secondary N) is 2. The molecule has 12 heteroatoms. The second kappa shape index (κ2) is 9.08. The van der Waals surface area contributed by atoms with Crippen LogP contribution in [0.15, 0.2) is 41.3 Å². The van der Waals surface area contributed by atoms with Gasteiger partial charge in [0.1, 0.15) is 16.4 Å². The van der Waals surface area contributed by atoms with Crippen LogP contribution in [0.3, 0.4) is 0 Å². The van der Waals surface area contributed by atoms with Gasteiger partial charge in [0.15, 0.2) is 6.10 Å². The molecular formula is C21H23ClN4O6S. The van der Waals surface area contributed by atoms with Crippen LogP contribution >= 0.6 is 11.6 Å². The first-order valence-electron chi connectivity index (χ1n) is 10.2. The van der Waals surface area contributed by atoms with Crippen molar-refractivity contribution in [3.05, 3.63) is 41.4 Å². The Kier molecular flexibility index (Phi) is 6.37. The fourth-order valence-electron chi connectivity index (χ4n) is 3.55. The van der Waals surface area contributed by atoms with Crippen molar-refractivity contribution in [2.45, 2.75) is 17.9 Å². The first kappa shape index (κ1) is 23.1. The van der Waals surface area contributed by atoms with Crippen molar-refractivity contribution in [3.63, 3.8) is 0 Å². The van der Waals surface area contributed by atoms with Gasteiger partial charge >= 0.3 is 6.03 Å². The number of anilines is 2. The van der Waals surface area contributed by atoms with E-state index in [4.69, 9.17) is 21.1 Å². The number of hydrogen-bond acceptors (Lipinski definition) is 6. The second-order valence-corrected chi connectivity index (χ2v) is 9.89. The number of fused-ring (bicyclic) bond motifs is 1. The molecule has 2 aliphatic rings. The zero-order valence-corrected chi connectivity index (χ0v) is 19.6.